The molecule has 0 saturated heterocycles. The Morgan fingerprint density at radius 3 is 3.10 bits per heavy atom. The first-order valence-electron chi connectivity index (χ1n) is 7.15. The Morgan fingerprint density at radius 2 is 2.35 bits per heavy atom. The first-order valence-corrected chi connectivity index (χ1v) is 8.32. The van der Waals surface area contributed by atoms with E-state index in [1.165, 1.54) is 25.7 Å². The highest BCUT2D eigenvalue weighted by molar-refractivity contribution is 9.10. The zero-order valence-electron chi connectivity index (χ0n) is 11.7. The molecule has 1 aliphatic carbocycles. The highest BCUT2D eigenvalue weighted by Crippen LogP contribution is 2.30. The highest BCUT2D eigenvalue weighted by atomic mass is 79.9. The van der Waals surface area contributed by atoms with Crippen LogP contribution in [0.4, 0.5) is 0 Å². The van der Waals surface area contributed by atoms with Crippen molar-refractivity contribution >= 4 is 33.4 Å². The maximum Gasteiger partial charge on any atom is 0.254 e. The molecule has 1 heterocycles. The van der Waals surface area contributed by atoms with E-state index in [0.29, 0.717) is 12.1 Å². The van der Waals surface area contributed by atoms with Crippen molar-refractivity contribution in [2.45, 2.75) is 39.0 Å². The quantitative estimate of drug-likeness (QED) is 0.807. The number of rotatable bonds is 4. The molecule has 1 saturated carbocycles. The molecular weight excluding hydrogens is 340 g/mol. The van der Waals surface area contributed by atoms with Gasteiger partial charge in [-0.15, -0.1) is 0 Å². The third-order valence-electron chi connectivity index (χ3n) is 3.93. The van der Waals surface area contributed by atoms with Gasteiger partial charge >= 0.3 is 0 Å². The molecule has 2 unspecified atom stereocenters. The van der Waals surface area contributed by atoms with Crippen LogP contribution in [0.1, 0.15) is 49.4 Å². The molecule has 5 heteroatoms. The molecule has 1 amide bonds. The van der Waals surface area contributed by atoms with Gasteiger partial charge in [0.25, 0.3) is 5.91 Å². The fraction of sp³-hybridized carbons (Fsp3) is 0.600. The van der Waals surface area contributed by atoms with Crippen LogP contribution in [0.25, 0.3) is 0 Å². The first-order chi connectivity index (χ1) is 9.56. The maximum atomic E-state index is 12.1. The zero-order chi connectivity index (χ0) is 14.5. The van der Waals surface area contributed by atoms with Crippen molar-refractivity contribution in [2.24, 2.45) is 11.8 Å². The summed E-state index contributed by atoms with van der Waals surface area (Å²) in [7, 11) is 0. The number of halogens is 2. The number of amides is 1. The van der Waals surface area contributed by atoms with Crippen LogP contribution in [0.5, 0.6) is 0 Å². The lowest BCUT2D eigenvalue weighted by Gasteiger charge is -2.26. The second-order valence-corrected chi connectivity index (χ2v) is 6.95. The van der Waals surface area contributed by atoms with Crippen LogP contribution in [-0.4, -0.2) is 17.4 Å². The molecule has 0 aliphatic heterocycles. The molecule has 1 aromatic rings. The minimum absolute atomic E-state index is 0.146. The first kappa shape index (κ1) is 15.8. The normalized spacial score (nSPS) is 22.6. The summed E-state index contributed by atoms with van der Waals surface area (Å²) in [5, 5.41) is 3.19. The molecular formula is C15H20BrClN2O. The largest absolute Gasteiger partial charge is 0.352 e. The lowest BCUT2D eigenvalue weighted by molar-refractivity contribution is 0.0949. The van der Waals surface area contributed by atoms with E-state index < -0.39 is 0 Å². The van der Waals surface area contributed by atoms with E-state index in [9.17, 15) is 4.79 Å². The van der Waals surface area contributed by atoms with Crippen molar-refractivity contribution in [1.29, 1.82) is 0 Å². The van der Waals surface area contributed by atoms with Crippen LogP contribution < -0.4 is 5.32 Å². The average Bonchev–Trinajstić information content (AvgIpc) is 2.41. The van der Waals surface area contributed by atoms with Crippen LogP contribution in [-0.2, 0) is 0 Å². The minimum Gasteiger partial charge on any atom is -0.352 e. The van der Waals surface area contributed by atoms with Crippen LogP contribution >= 0.6 is 27.5 Å². The van der Waals surface area contributed by atoms with E-state index >= 15 is 0 Å². The van der Waals surface area contributed by atoms with Crippen molar-refractivity contribution in [3.05, 3.63) is 27.5 Å². The molecule has 1 fully saturated rings. The van der Waals surface area contributed by atoms with E-state index in [0.717, 1.165) is 22.7 Å². The second kappa shape index (κ2) is 7.41. The van der Waals surface area contributed by atoms with Crippen molar-refractivity contribution in [3.63, 3.8) is 0 Å². The summed E-state index contributed by atoms with van der Waals surface area (Å²) in [4.78, 5) is 16.0. The summed E-state index contributed by atoms with van der Waals surface area (Å²) in [5.41, 5.74) is 0.429. The summed E-state index contributed by atoms with van der Waals surface area (Å²) in [6, 6.07) is 1.70. The van der Waals surface area contributed by atoms with Gasteiger partial charge in [0.1, 0.15) is 5.15 Å². The summed E-state index contributed by atoms with van der Waals surface area (Å²) in [6.45, 7) is 3.02. The lowest BCUT2D eigenvalue weighted by atomic mass is 9.81. The molecule has 3 nitrogen and oxygen atoms in total. The number of hydrogen-bond donors (Lipinski definition) is 1. The average molecular weight is 360 g/mol. The van der Waals surface area contributed by atoms with Gasteiger partial charge in [0.15, 0.2) is 0 Å². The van der Waals surface area contributed by atoms with E-state index in [1.54, 1.807) is 12.3 Å². The number of carbonyl (C=O) groups is 1. The minimum atomic E-state index is -0.146. The van der Waals surface area contributed by atoms with Gasteiger partial charge in [-0.3, -0.25) is 4.79 Å². The van der Waals surface area contributed by atoms with Gasteiger partial charge in [0.2, 0.25) is 0 Å². The molecule has 0 spiro atoms. The van der Waals surface area contributed by atoms with Crippen LogP contribution in [0.2, 0.25) is 5.15 Å². The van der Waals surface area contributed by atoms with Crippen molar-refractivity contribution in [3.8, 4) is 0 Å². The fourth-order valence-electron chi connectivity index (χ4n) is 2.89. The van der Waals surface area contributed by atoms with Gasteiger partial charge < -0.3 is 5.32 Å². The van der Waals surface area contributed by atoms with Gasteiger partial charge in [0.05, 0.1) is 5.56 Å². The van der Waals surface area contributed by atoms with E-state index in [-0.39, 0.29) is 11.1 Å². The number of carbonyl (C=O) groups excluding carboxylic acids is 1. The van der Waals surface area contributed by atoms with Gasteiger partial charge in [-0.1, -0.05) is 37.8 Å². The SMILES string of the molecule is CC1CCCC(CCNC(=O)c2cc(Br)cnc2Cl)C1. The van der Waals surface area contributed by atoms with E-state index in [2.05, 4.69) is 33.2 Å². The Hall–Kier alpha value is -0.610. The van der Waals surface area contributed by atoms with Gasteiger partial charge in [0, 0.05) is 17.2 Å². The van der Waals surface area contributed by atoms with Gasteiger partial charge in [-0.2, -0.15) is 0 Å². The predicted molar refractivity (Wildman–Crippen MR) is 85.0 cm³/mol. The number of hydrogen-bond acceptors (Lipinski definition) is 2. The Balaban J connectivity index is 1.81. The van der Waals surface area contributed by atoms with Crippen molar-refractivity contribution < 1.29 is 4.79 Å². The summed E-state index contributed by atoms with van der Waals surface area (Å²) in [5.74, 6) is 1.43. The van der Waals surface area contributed by atoms with Gasteiger partial charge in [-0.05, 0) is 46.7 Å². The molecule has 1 aliphatic rings. The molecule has 110 valence electrons. The lowest BCUT2D eigenvalue weighted by Crippen LogP contribution is -2.27. The van der Waals surface area contributed by atoms with Crippen molar-refractivity contribution in [1.82, 2.24) is 10.3 Å². The molecule has 2 rings (SSSR count). The molecule has 0 radical (unpaired) electrons. The molecule has 1 N–H and O–H groups in total. The smallest absolute Gasteiger partial charge is 0.254 e. The van der Waals surface area contributed by atoms with Crippen LogP contribution in [0.3, 0.4) is 0 Å². The highest BCUT2D eigenvalue weighted by Gasteiger charge is 2.19. The third kappa shape index (κ3) is 4.45. The monoisotopic (exact) mass is 358 g/mol. The number of aromatic nitrogens is 1. The van der Waals surface area contributed by atoms with E-state index in [4.69, 9.17) is 11.6 Å². The Bertz CT molecular complexity index is 481. The Morgan fingerprint density at radius 1 is 1.55 bits per heavy atom. The van der Waals surface area contributed by atoms with Gasteiger partial charge in [-0.25, -0.2) is 4.98 Å². The molecule has 0 bridgehead atoms. The Labute approximate surface area is 133 Å². The number of pyridine rings is 1. The van der Waals surface area contributed by atoms with Crippen molar-refractivity contribution in [2.75, 3.05) is 6.54 Å². The standard InChI is InChI=1S/C15H20BrClN2O/c1-10-3-2-4-11(7-10)5-6-18-15(20)13-8-12(16)9-19-14(13)17/h8-11H,2-7H2,1H3,(H,18,20). The zero-order valence-corrected chi connectivity index (χ0v) is 14.0. The van der Waals surface area contributed by atoms with E-state index in [1.807, 2.05) is 0 Å². The predicted octanol–water partition coefficient (Wildman–Crippen LogP) is 4.44. The third-order valence-corrected chi connectivity index (χ3v) is 4.67. The number of nitrogens with one attached hydrogen (secondary N) is 1. The van der Waals surface area contributed by atoms with Crippen LogP contribution in [0.15, 0.2) is 16.7 Å². The summed E-state index contributed by atoms with van der Waals surface area (Å²) in [6.07, 6.45) is 7.88. The second-order valence-electron chi connectivity index (χ2n) is 5.67. The number of nitrogens with zero attached hydrogens (tertiary/aromatic N) is 1. The molecule has 1 aromatic heterocycles. The molecule has 20 heavy (non-hydrogen) atoms. The Kier molecular flexibility index (Phi) is 5.85. The van der Waals surface area contributed by atoms with Crippen LogP contribution in [0, 0.1) is 11.8 Å². The topological polar surface area (TPSA) is 42.0 Å². The molecule has 0 aromatic carbocycles. The molecule has 2 atom stereocenters. The maximum absolute atomic E-state index is 12.1. The fourth-order valence-corrected chi connectivity index (χ4v) is 3.41. The summed E-state index contributed by atoms with van der Waals surface area (Å²) < 4.78 is 0.758. The summed E-state index contributed by atoms with van der Waals surface area (Å²) >= 11 is 9.25.